The van der Waals surface area contributed by atoms with Gasteiger partial charge in [-0.25, -0.2) is 19.6 Å². The number of carbonyl (C=O) groups is 5. The number of alkyl carbamates (subject to hydrolysis) is 1. The Balaban J connectivity index is 0.852. The summed E-state index contributed by atoms with van der Waals surface area (Å²) in [6, 6.07) is 17.9. The zero-order chi connectivity index (χ0) is 50.6. The van der Waals surface area contributed by atoms with Crippen LogP contribution >= 0.6 is 0 Å². The van der Waals surface area contributed by atoms with Crippen molar-refractivity contribution < 1.29 is 47.7 Å². The van der Waals surface area contributed by atoms with E-state index < -0.39 is 30.3 Å². The van der Waals surface area contributed by atoms with E-state index in [-0.39, 0.29) is 74.5 Å². The lowest BCUT2D eigenvalue weighted by molar-refractivity contribution is -0.138. The average Bonchev–Trinajstić information content (AvgIpc) is 4.25. The molecule has 3 aromatic carbocycles. The fraction of sp³-hybridized carbons (Fsp3) is 0.453. The van der Waals surface area contributed by atoms with Crippen molar-refractivity contribution in [3.8, 4) is 45.1 Å². The normalized spacial score (nSPS) is 18.9. The molecule has 380 valence electrons. The predicted molar refractivity (Wildman–Crippen MR) is 264 cm³/mol. The maximum atomic E-state index is 14.3. The van der Waals surface area contributed by atoms with Crippen LogP contribution in [-0.4, -0.2) is 124 Å². The molecule has 0 spiro atoms. The topological polar surface area (TPSA) is 223 Å². The number of carbonyl (C=O) groups excluding carboxylic acids is 5. The van der Waals surface area contributed by atoms with E-state index in [4.69, 9.17) is 33.7 Å². The minimum absolute atomic E-state index is 0.0825. The maximum absolute atomic E-state index is 14.3. The molecule has 0 bridgehead atoms. The molecule has 19 heteroatoms. The molecule has 5 atom stereocenters. The van der Waals surface area contributed by atoms with Gasteiger partial charge in [-0.05, 0) is 65.0 Å². The van der Waals surface area contributed by atoms with Crippen LogP contribution in [0.4, 0.5) is 9.59 Å². The number of methoxy groups -OCH3 is 2. The van der Waals surface area contributed by atoms with Crippen molar-refractivity contribution in [3.05, 3.63) is 95.8 Å². The number of aromatic nitrogens is 4. The monoisotopic (exact) mass is 985 g/mol. The minimum Gasteiger partial charge on any atom is -0.454 e. The van der Waals surface area contributed by atoms with Gasteiger partial charge in [0.05, 0.1) is 62.7 Å². The zero-order valence-electron chi connectivity index (χ0n) is 41.6. The molecule has 5 amide bonds. The summed E-state index contributed by atoms with van der Waals surface area (Å²) >= 11 is 0. The average molecular weight is 986 g/mol. The second-order valence-corrected chi connectivity index (χ2v) is 19.6. The number of benzene rings is 3. The summed E-state index contributed by atoms with van der Waals surface area (Å²) in [4.78, 5) is 88.1. The van der Waals surface area contributed by atoms with Gasteiger partial charge in [-0.3, -0.25) is 19.3 Å². The van der Waals surface area contributed by atoms with Crippen molar-refractivity contribution in [2.45, 2.75) is 90.6 Å². The molecule has 4 aliphatic rings. The van der Waals surface area contributed by atoms with Gasteiger partial charge in [-0.15, -0.1) is 0 Å². The summed E-state index contributed by atoms with van der Waals surface area (Å²) in [5, 5.41) is 5.63. The van der Waals surface area contributed by atoms with E-state index in [1.54, 1.807) is 29.3 Å². The number of hydrogen-bond acceptors (Lipinski definition) is 12. The quantitative estimate of drug-likeness (QED) is 0.0776. The third-order valence-corrected chi connectivity index (χ3v) is 14.1. The second kappa shape index (κ2) is 21.5. The Kier molecular flexibility index (Phi) is 14.8. The van der Waals surface area contributed by atoms with Crippen LogP contribution in [-0.2, 0) is 41.7 Å². The van der Waals surface area contributed by atoms with Crippen LogP contribution in [0.2, 0.25) is 0 Å². The third-order valence-electron chi connectivity index (χ3n) is 14.1. The molecule has 72 heavy (non-hydrogen) atoms. The number of rotatable bonds is 16. The van der Waals surface area contributed by atoms with Crippen molar-refractivity contribution in [1.82, 2.24) is 45.3 Å². The number of imidazole rings is 2. The molecular weight excluding hydrogens is 923 g/mol. The first kappa shape index (κ1) is 49.6. The molecule has 0 saturated carbocycles. The predicted octanol–water partition coefficient (Wildman–Crippen LogP) is 7.13. The van der Waals surface area contributed by atoms with Crippen molar-refractivity contribution in [2.75, 3.05) is 47.3 Å². The SMILES string of the molecule is COCCC(=O)N[C@H](C(=O)N1CCC[C@H]1c1ncc(-c2ccc(-c3ccc(-c4cnc(C5CC(COC(=O)N6Cc7ccc8c(c7C6)OCO8)CN5C(=O)[C@@H](NC(=O)OC)C(C)C)[nH]4)cc3)cc2)[nH]1)C(C)C. The van der Waals surface area contributed by atoms with Crippen LogP contribution in [0.25, 0.3) is 33.6 Å². The van der Waals surface area contributed by atoms with Gasteiger partial charge in [0.1, 0.15) is 23.7 Å². The Hall–Kier alpha value is -7.41. The molecule has 4 aliphatic heterocycles. The smallest absolute Gasteiger partial charge is 0.410 e. The molecule has 0 aliphatic carbocycles. The Morgan fingerprint density at radius 3 is 1.99 bits per heavy atom. The molecule has 2 saturated heterocycles. The number of aromatic amines is 2. The van der Waals surface area contributed by atoms with E-state index in [1.165, 1.54) is 7.11 Å². The van der Waals surface area contributed by atoms with Gasteiger partial charge in [0, 0.05) is 44.6 Å². The summed E-state index contributed by atoms with van der Waals surface area (Å²) < 4.78 is 27.0. The van der Waals surface area contributed by atoms with Crippen LogP contribution in [0.5, 0.6) is 11.5 Å². The fourth-order valence-corrected chi connectivity index (χ4v) is 10.1. The highest BCUT2D eigenvalue weighted by atomic mass is 16.7. The number of fused-ring (bicyclic) bond motifs is 3. The highest BCUT2D eigenvalue weighted by molar-refractivity contribution is 5.88. The zero-order valence-corrected chi connectivity index (χ0v) is 41.6. The first-order valence-electron chi connectivity index (χ1n) is 24.7. The van der Waals surface area contributed by atoms with Gasteiger partial charge in [0.2, 0.25) is 24.5 Å². The van der Waals surface area contributed by atoms with Gasteiger partial charge in [0.25, 0.3) is 0 Å². The molecule has 5 aromatic rings. The van der Waals surface area contributed by atoms with E-state index in [2.05, 4.69) is 32.7 Å². The first-order chi connectivity index (χ1) is 34.8. The lowest BCUT2D eigenvalue weighted by atomic mass is 10.0. The minimum atomic E-state index is -0.859. The van der Waals surface area contributed by atoms with Crippen LogP contribution in [0.3, 0.4) is 0 Å². The van der Waals surface area contributed by atoms with Gasteiger partial charge in [0.15, 0.2) is 11.5 Å². The molecule has 19 nitrogen and oxygen atoms in total. The van der Waals surface area contributed by atoms with Gasteiger partial charge in [-0.1, -0.05) is 82.3 Å². The second-order valence-electron chi connectivity index (χ2n) is 19.6. The molecule has 2 aromatic heterocycles. The van der Waals surface area contributed by atoms with Crippen molar-refractivity contribution >= 4 is 29.9 Å². The number of ether oxygens (including phenoxy) is 5. The summed E-state index contributed by atoms with van der Waals surface area (Å²) in [5.41, 5.74) is 7.38. The van der Waals surface area contributed by atoms with Crippen LogP contribution in [0.15, 0.2) is 73.1 Å². The molecule has 9 rings (SSSR count). The highest BCUT2D eigenvalue weighted by Crippen LogP contribution is 2.42. The van der Waals surface area contributed by atoms with Crippen LogP contribution in [0.1, 0.15) is 88.2 Å². The summed E-state index contributed by atoms with van der Waals surface area (Å²) in [6.45, 7) is 9.71. The van der Waals surface area contributed by atoms with Crippen LogP contribution in [0, 0.1) is 17.8 Å². The van der Waals surface area contributed by atoms with Gasteiger partial charge in [-0.2, -0.15) is 0 Å². The molecule has 4 N–H and O–H groups in total. The van der Waals surface area contributed by atoms with E-state index >= 15 is 0 Å². The van der Waals surface area contributed by atoms with E-state index in [9.17, 15) is 24.0 Å². The molecule has 2 unspecified atom stereocenters. The van der Waals surface area contributed by atoms with Crippen molar-refractivity contribution in [3.63, 3.8) is 0 Å². The number of nitrogens with zero attached hydrogens (tertiary/aromatic N) is 5. The molecule has 2 fully saturated rings. The number of nitrogens with one attached hydrogen (secondary N) is 4. The first-order valence-corrected chi connectivity index (χ1v) is 24.7. The number of hydrogen-bond donors (Lipinski definition) is 4. The maximum Gasteiger partial charge on any atom is 0.410 e. The largest absolute Gasteiger partial charge is 0.454 e. The standard InChI is InChI=1S/C53H63N9O10/c1-30(2)45(58-44(63)19-21-68-5)50(64)61-20-7-8-41(61)48-54-23-39(56-48)35-13-9-33(10-14-35)34-11-15-36(16-12-34)40-24-55-49(57-40)42-22-32(25-62(42)51(65)46(31(3)4)59-52(66)69-6)28-70-53(67)60-26-37-17-18-43-47(38(37)27-60)72-29-71-43/h9-18,23-24,30-32,41-42,45-46H,7-8,19-22,25-29H2,1-6H3,(H,54,56)(H,55,57)(H,58,63)(H,59,66)/t32?,41-,42?,45-,46-/m0/s1. The Morgan fingerprint density at radius 1 is 0.750 bits per heavy atom. The fourth-order valence-electron chi connectivity index (χ4n) is 10.1. The lowest BCUT2D eigenvalue weighted by Crippen LogP contribution is -2.51. The lowest BCUT2D eigenvalue weighted by Gasteiger charge is -2.30. The Labute approximate surface area is 418 Å². The number of amides is 5. The Bertz CT molecular complexity index is 2770. The molecule has 6 heterocycles. The summed E-state index contributed by atoms with van der Waals surface area (Å²) in [6.07, 6.45) is 4.66. The third kappa shape index (κ3) is 10.5. The van der Waals surface area contributed by atoms with E-state index in [0.717, 1.165) is 57.6 Å². The highest BCUT2D eigenvalue weighted by Gasteiger charge is 2.43. The van der Waals surface area contributed by atoms with Gasteiger partial charge < -0.3 is 54.1 Å². The number of H-pyrrole nitrogens is 2. The van der Waals surface area contributed by atoms with Crippen molar-refractivity contribution in [1.29, 1.82) is 0 Å². The van der Waals surface area contributed by atoms with Gasteiger partial charge >= 0.3 is 12.2 Å². The van der Waals surface area contributed by atoms with E-state index in [0.29, 0.717) is 49.2 Å². The molecule has 0 radical (unpaired) electrons. The van der Waals surface area contributed by atoms with E-state index in [1.807, 2.05) is 81.1 Å². The number of likely N-dealkylation sites (tertiary alicyclic amines) is 2. The summed E-state index contributed by atoms with van der Waals surface area (Å²) in [5.74, 6) is 1.48. The Morgan fingerprint density at radius 2 is 1.36 bits per heavy atom. The van der Waals surface area contributed by atoms with Crippen LogP contribution < -0.4 is 20.1 Å². The van der Waals surface area contributed by atoms with Crippen molar-refractivity contribution in [2.24, 2.45) is 17.8 Å². The molecular formula is C53H63N9O10. The summed E-state index contributed by atoms with van der Waals surface area (Å²) in [7, 11) is 2.80.